The van der Waals surface area contributed by atoms with Crippen LogP contribution in [0.2, 0.25) is 5.02 Å². The normalized spacial score (nSPS) is 22.1. The lowest BCUT2D eigenvalue weighted by molar-refractivity contribution is 0.539. The van der Waals surface area contributed by atoms with E-state index in [9.17, 15) is 0 Å². The molecule has 0 bridgehead atoms. The van der Waals surface area contributed by atoms with Crippen LogP contribution in [0.5, 0.6) is 0 Å². The summed E-state index contributed by atoms with van der Waals surface area (Å²) in [5, 5.41) is 6.50. The Morgan fingerprint density at radius 1 is 1.28 bits per heavy atom. The lowest BCUT2D eigenvalue weighted by Gasteiger charge is -2.17. The van der Waals surface area contributed by atoms with Gasteiger partial charge in [0.15, 0.2) is 0 Å². The van der Waals surface area contributed by atoms with Crippen LogP contribution in [0.3, 0.4) is 0 Å². The van der Waals surface area contributed by atoms with E-state index in [0.29, 0.717) is 0 Å². The summed E-state index contributed by atoms with van der Waals surface area (Å²) >= 11 is 14.2. The highest BCUT2D eigenvalue weighted by Gasteiger charge is 2.30. The van der Waals surface area contributed by atoms with E-state index in [4.69, 9.17) is 23.2 Å². The third-order valence-electron chi connectivity index (χ3n) is 3.34. The van der Waals surface area contributed by atoms with Gasteiger partial charge in [-0.2, -0.15) is 0 Å². The van der Waals surface area contributed by atoms with Crippen molar-refractivity contribution in [1.29, 1.82) is 0 Å². The summed E-state index contributed by atoms with van der Waals surface area (Å²) in [7, 11) is 0. The number of nitrogens with one attached hydrogen (secondary N) is 1. The van der Waals surface area contributed by atoms with Gasteiger partial charge in [-0.1, -0.05) is 35.9 Å². The molecule has 0 spiro atoms. The van der Waals surface area contributed by atoms with E-state index < -0.39 is 0 Å². The summed E-state index contributed by atoms with van der Waals surface area (Å²) in [5.74, 6) is 0. The Hall–Kier alpha value is -0.540. The van der Waals surface area contributed by atoms with Crippen molar-refractivity contribution in [3.8, 4) is 0 Å². The molecule has 2 atom stereocenters. The van der Waals surface area contributed by atoms with Gasteiger partial charge in [0.05, 0.1) is 10.4 Å². The van der Waals surface area contributed by atoms with E-state index in [1.807, 2.05) is 11.4 Å². The molecule has 1 aliphatic rings. The molecule has 1 heterocycles. The van der Waals surface area contributed by atoms with E-state index in [0.717, 1.165) is 18.0 Å². The van der Waals surface area contributed by atoms with Crippen LogP contribution in [-0.2, 0) is 13.0 Å². The fraction of sp³-hybridized carbons (Fsp3) is 0.286. The van der Waals surface area contributed by atoms with Gasteiger partial charge in [-0.05, 0) is 29.0 Å². The Morgan fingerprint density at radius 3 is 2.89 bits per heavy atom. The van der Waals surface area contributed by atoms with Crippen LogP contribution in [0.25, 0.3) is 0 Å². The standard InChI is InChI=1S/C14H13Cl2NS/c15-11-5-6-18-13(11)8-17-14-10-4-2-1-3-9(10)7-12(14)16/h1-6,12,14,17H,7-8H2. The third-order valence-corrected chi connectivity index (χ3v) is 5.13. The number of rotatable bonds is 3. The van der Waals surface area contributed by atoms with Gasteiger partial charge in [0.1, 0.15) is 0 Å². The molecule has 94 valence electrons. The van der Waals surface area contributed by atoms with Crippen LogP contribution in [0.15, 0.2) is 35.7 Å². The molecule has 0 saturated carbocycles. The van der Waals surface area contributed by atoms with E-state index in [2.05, 4.69) is 29.6 Å². The van der Waals surface area contributed by atoms with E-state index >= 15 is 0 Å². The van der Waals surface area contributed by atoms with Crippen LogP contribution in [0.4, 0.5) is 0 Å². The Balaban J connectivity index is 1.75. The Kier molecular flexibility index (Phi) is 3.62. The van der Waals surface area contributed by atoms with Crippen molar-refractivity contribution in [2.75, 3.05) is 0 Å². The fourth-order valence-corrected chi connectivity index (χ4v) is 3.88. The van der Waals surface area contributed by atoms with Crippen LogP contribution in [0, 0.1) is 0 Å². The maximum Gasteiger partial charge on any atom is 0.0571 e. The summed E-state index contributed by atoms with van der Waals surface area (Å²) in [5.41, 5.74) is 2.68. The third kappa shape index (κ3) is 2.30. The molecule has 2 aromatic rings. The maximum absolute atomic E-state index is 6.43. The van der Waals surface area contributed by atoms with Crippen LogP contribution in [0.1, 0.15) is 22.0 Å². The van der Waals surface area contributed by atoms with Gasteiger partial charge in [0, 0.05) is 17.5 Å². The molecule has 0 saturated heterocycles. The molecule has 0 amide bonds. The van der Waals surface area contributed by atoms with Gasteiger partial charge in [-0.3, -0.25) is 0 Å². The monoisotopic (exact) mass is 297 g/mol. The summed E-state index contributed by atoms with van der Waals surface area (Å²) in [6, 6.07) is 10.6. The summed E-state index contributed by atoms with van der Waals surface area (Å²) in [4.78, 5) is 1.17. The second kappa shape index (κ2) is 5.22. The summed E-state index contributed by atoms with van der Waals surface area (Å²) in [6.45, 7) is 0.777. The van der Waals surface area contributed by atoms with Crippen molar-refractivity contribution < 1.29 is 0 Å². The van der Waals surface area contributed by atoms with Crippen molar-refractivity contribution in [1.82, 2.24) is 5.32 Å². The highest BCUT2D eigenvalue weighted by Crippen LogP contribution is 2.35. The molecule has 18 heavy (non-hydrogen) atoms. The van der Waals surface area contributed by atoms with Crippen molar-refractivity contribution in [2.45, 2.75) is 24.4 Å². The largest absolute Gasteiger partial charge is 0.304 e. The molecule has 0 fully saturated rings. The second-order valence-electron chi connectivity index (χ2n) is 4.47. The number of thiophene rings is 1. The molecule has 0 aliphatic heterocycles. The zero-order valence-electron chi connectivity index (χ0n) is 9.70. The Bertz CT molecular complexity index is 552. The first-order chi connectivity index (χ1) is 8.75. The molecule has 3 rings (SSSR count). The van der Waals surface area contributed by atoms with Crippen molar-refractivity contribution in [3.63, 3.8) is 0 Å². The molecule has 4 heteroatoms. The smallest absolute Gasteiger partial charge is 0.0571 e. The van der Waals surface area contributed by atoms with Gasteiger partial charge in [0.25, 0.3) is 0 Å². The number of alkyl halides is 1. The lowest BCUT2D eigenvalue weighted by atomic mass is 10.1. The van der Waals surface area contributed by atoms with E-state index in [1.54, 1.807) is 11.3 Å². The number of halogens is 2. The molecule has 2 unspecified atom stereocenters. The Labute approximate surface area is 121 Å². The van der Waals surface area contributed by atoms with Crippen LogP contribution in [-0.4, -0.2) is 5.38 Å². The van der Waals surface area contributed by atoms with Gasteiger partial charge in [-0.15, -0.1) is 22.9 Å². The zero-order valence-corrected chi connectivity index (χ0v) is 12.0. The SMILES string of the molecule is Clc1ccsc1CNC1c2ccccc2CC1Cl. The van der Waals surface area contributed by atoms with Gasteiger partial charge in [0.2, 0.25) is 0 Å². The summed E-state index contributed by atoms with van der Waals surface area (Å²) in [6.07, 6.45) is 0.938. The second-order valence-corrected chi connectivity index (χ2v) is 6.44. The minimum absolute atomic E-state index is 0.126. The molecule has 1 N–H and O–H groups in total. The first kappa shape index (κ1) is 12.5. The highest BCUT2D eigenvalue weighted by atomic mass is 35.5. The topological polar surface area (TPSA) is 12.0 Å². The Morgan fingerprint density at radius 2 is 2.11 bits per heavy atom. The molecule has 1 nitrogen and oxygen atoms in total. The average molecular weight is 298 g/mol. The molecule has 1 aliphatic carbocycles. The lowest BCUT2D eigenvalue weighted by Crippen LogP contribution is -2.25. The van der Waals surface area contributed by atoms with E-state index in [1.165, 1.54) is 16.0 Å². The van der Waals surface area contributed by atoms with Crippen molar-refractivity contribution in [2.24, 2.45) is 0 Å². The molecule has 0 radical (unpaired) electrons. The number of hydrogen-bond acceptors (Lipinski definition) is 2. The van der Waals surface area contributed by atoms with Crippen molar-refractivity contribution >= 4 is 34.5 Å². The average Bonchev–Trinajstić information content (AvgIpc) is 2.90. The highest BCUT2D eigenvalue weighted by molar-refractivity contribution is 7.10. The van der Waals surface area contributed by atoms with Crippen LogP contribution >= 0.6 is 34.5 Å². The quantitative estimate of drug-likeness (QED) is 0.828. The summed E-state index contributed by atoms with van der Waals surface area (Å²) < 4.78 is 0. The number of benzene rings is 1. The van der Waals surface area contributed by atoms with Gasteiger partial charge < -0.3 is 5.32 Å². The molecular formula is C14H13Cl2NS. The predicted octanol–water partition coefficient (Wildman–Crippen LogP) is 4.40. The predicted molar refractivity (Wildman–Crippen MR) is 78.7 cm³/mol. The first-order valence-electron chi connectivity index (χ1n) is 5.93. The molecule has 1 aromatic carbocycles. The molecule has 1 aromatic heterocycles. The number of fused-ring (bicyclic) bond motifs is 1. The minimum Gasteiger partial charge on any atom is -0.304 e. The fourth-order valence-electron chi connectivity index (χ4n) is 2.44. The zero-order chi connectivity index (χ0) is 12.5. The van der Waals surface area contributed by atoms with Crippen LogP contribution < -0.4 is 5.32 Å². The minimum atomic E-state index is 0.126. The van der Waals surface area contributed by atoms with Crippen molar-refractivity contribution in [3.05, 3.63) is 56.7 Å². The first-order valence-corrected chi connectivity index (χ1v) is 7.62. The maximum atomic E-state index is 6.43. The van der Waals surface area contributed by atoms with Gasteiger partial charge in [-0.25, -0.2) is 0 Å². The van der Waals surface area contributed by atoms with E-state index in [-0.39, 0.29) is 11.4 Å². The van der Waals surface area contributed by atoms with Gasteiger partial charge >= 0.3 is 0 Å². The molecular weight excluding hydrogens is 285 g/mol. The number of hydrogen-bond donors (Lipinski definition) is 1.